The van der Waals surface area contributed by atoms with E-state index < -0.39 is 0 Å². The second-order valence-corrected chi connectivity index (χ2v) is 6.15. The molecule has 3 nitrogen and oxygen atoms in total. The third-order valence-electron chi connectivity index (χ3n) is 4.40. The van der Waals surface area contributed by atoms with Crippen LogP contribution >= 0.6 is 15.9 Å². The molecule has 0 saturated heterocycles. The van der Waals surface area contributed by atoms with Gasteiger partial charge in [-0.15, -0.1) is 0 Å². The molecule has 2 fully saturated rings. The average Bonchev–Trinajstić information content (AvgIpc) is 2.73. The molecule has 1 N–H and O–H groups in total. The standard InChI is InChI=1S/C13H22BrNO2/c1-17-13(7-4-8-13)9-11(16)15-12(10-14)5-2-3-6-12/h2-10H2,1H3,(H,15,16). The summed E-state index contributed by atoms with van der Waals surface area (Å²) in [6.45, 7) is 0. The molecule has 2 saturated carbocycles. The van der Waals surface area contributed by atoms with Crippen LogP contribution in [0.4, 0.5) is 0 Å². The normalized spacial score (nSPS) is 25.3. The lowest BCUT2D eigenvalue weighted by Gasteiger charge is -2.41. The van der Waals surface area contributed by atoms with Crippen LogP contribution in [0.25, 0.3) is 0 Å². The van der Waals surface area contributed by atoms with Crippen molar-refractivity contribution < 1.29 is 9.53 Å². The highest BCUT2D eigenvalue weighted by Crippen LogP contribution is 2.38. The number of carbonyl (C=O) groups is 1. The summed E-state index contributed by atoms with van der Waals surface area (Å²) < 4.78 is 5.50. The third-order valence-corrected chi connectivity index (χ3v) is 5.47. The van der Waals surface area contributed by atoms with Crippen molar-refractivity contribution in [1.29, 1.82) is 0 Å². The van der Waals surface area contributed by atoms with E-state index in [4.69, 9.17) is 4.74 Å². The molecule has 0 radical (unpaired) electrons. The number of halogens is 1. The predicted octanol–water partition coefficient (Wildman–Crippen LogP) is 2.77. The summed E-state index contributed by atoms with van der Waals surface area (Å²) in [5.41, 5.74) is -0.147. The highest BCUT2D eigenvalue weighted by Gasteiger charge is 2.41. The number of carbonyl (C=O) groups excluding carboxylic acids is 1. The molecule has 0 aromatic rings. The Labute approximate surface area is 112 Å². The predicted molar refractivity (Wildman–Crippen MR) is 71.3 cm³/mol. The van der Waals surface area contributed by atoms with Gasteiger partial charge in [0.15, 0.2) is 0 Å². The van der Waals surface area contributed by atoms with Crippen molar-refractivity contribution in [2.24, 2.45) is 0 Å². The molecule has 0 aromatic carbocycles. The van der Waals surface area contributed by atoms with Gasteiger partial charge in [-0.05, 0) is 32.1 Å². The smallest absolute Gasteiger partial charge is 0.223 e. The summed E-state index contributed by atoms with van der Waals surface area (Å²) in [5, 5.41) is 4.10. The topological polar surface area (TPSA) is 38.3 Å². The molecular weight excluding hydrogens is 282 g/mol. The number of nitrogens with one attached hydrogen (secondary N) is 1. The zero-order valence-corrected chi connectivity index (χ0v) is 12.1. The van der Waals surface area contributed by atoms with Crippen molar-refractivity contribution in [3.8, 4) is 0 Å². The van der Waals surface area contributed by atoms with Crippen molar-refractivity contribution in [1.82, 2.24) is 5.32 Å². The molecule has 0 unspecified atom stereocenters. The Kier molecular flexibility index (Phi) is 4.14. The molecule has 2 rings (SSSR count). The molecule has 2 aliphatic carbocycles. The van der Waals surface area contributed by atoms with E-state index in [2.05, 4.69) is 21.2 Å². The first-order valence-corrected chi connectivity index (χ1v) is 7.68. The highest BCUT2D eigenvalue weighted by molar-refractivity contribution is 9.09. The van der Waals surface area contributed by atoms with Crippen LogP contribution in [0, 0.1) is 0 Å². The Balaban J connectivity index is 1.88. The number of amides is 1. The quantitative estimate of drug-likeness (QED) is 0.793. The number of hydrogen-bond acceptors (Lipinski definition) is 2. The summed E-state index contributed by atoms with van der Waals surface area (Å²) >= 11 is 3.54. The van der Waals surface area contributed by atoms with E-state index in [1.54, 1.807) is 7.11 Å². The fourth-order valence-corrected chi connectivity index (χ4v) is 3.70. The molecule has 2 aliphatic rings. The molecule has 98 valence electrons. The van der Waals surface area contributed by atoms with Gasteiger partial charge in [-0.1, -0.05) is 28.8 Å². The number of ether oxygens (including phenoxy) is 1. The number of alkyl halides is 1. The van der Waals surface area contributed by atoms with E-state index in [0.717, 1.165) is 31.0 Å². The summed E-state index contributed by atoms with van der Waals surface area (Å²) in [6.07, 6.45) is 8.41. The van der Waals surface area contributed by atoms with E-state index >= 15 is 0 Å². The van der Waals surface area contributed by atoms with E-state index in [0.29, 0.717) is 6.42 Å². The molecule has 0 heterocycles. The lowest BCUT2D eigenvalue weighted by atomic mass is 9.77. The first-order chi connectivity index (χ1) is 8.14. The van der Waals surface area contributed by atoms with Crippen LogP contribution in [0.1, 0.15) is 51.4 Å². The van der Waals surface area contributed by atoms with Crippen molar-refractivity contribution in [2.45, 2.75) is 62.5 Å². The van der Waals surface area contributed by atoms with Crippen LogP contribution in [-0.4, -0.2) is 29.5 Å². The van der Waals surface area contributed by atoms with E-state index in [-0.39, 0.29) is 17.0 Å². The Hall–Kier alpha value is -0.0900. The van der Waals surface area contributed by atoms with E-state index in [1.165, 1.54) is 19.3 Å². The van der Waals surface area contributed by atoms with Gasteiger partial charge in [0.1, 0.15) is 0 Å². The van der Waals surface area contributed by atoms with Crippen LogP contribution in [0.5, 0.6) is 0 Å². The monoisotopic (exact) mass is 303 g/mol. The molecule has 0 bridgehead atoms. The zero-order valence-electron chi connectivity index (χ0n) is 10.6. The SMILES string of the molecule is COC1(CC(=O)NC2(CBr)CCCC2)CCC1. The second-order valence-electron chi connectivity index (χ2n) is 5.59. The summed E-state index contributed by atoms with van der Waals surface area (Å²) in [7, 11) is 1.72. The van der Waals surface area contributed by atoms with Gasteiger partial charge < -0.3 is 10.1 Å². The van der Waals surface area contributed by atoms with Gasteiger partial charge in [-0.25, -0.2) is 0 Å². The van der Waals surface area contributed by atoms with Crippen molar-refractivity contribution in [3.63, 3.8) is 0 Å². The number of hydrogen-bond donors (Lipinski definition) is 1. The van der Waals surface area contributed by atoms with Crippen LogP contribution in [0.15, 0.2) is 0 Å². The number of methoxy groups -OCH3 is 1. The van der Waals surface area contributed by atoms with Gasteiger partial charge in [0, 0.05) is 18.0 Å². The summed E-state index contributed by atoms with van der Waals surface area (Å²) in [6, 6.07) is 0. The molecule has 17 heavy (non-hydrogen) atoms. The van der Waals surface area contributed by atoms with Crippen LogP contribution in [-0.2, 0) is 9.53 Å². The van der Waals surface area contributed by atoms with E-state index in [1.807, 2.05) is 0 Å². The fraction of sp³-hybridized carbons (Fsp3) is 0.923. The average molecular weight is 304 g/mol. The van der Waals surface area contributed by atoms with Gasteiger partial charge >= 0.3 is 0 Å². The maximum absolute atomic E-state index is 12.1. The Bertz CT molecular complexity index is 278. The molecule has 1 amide bonds. The molecule has 0 aromatic heterocycles. The molecule has 0 spiro atoms. The molecule has 0 atom stereocenters. The zero-order chi connectivity index (χ0) is 12.4. The lowest BCUT2D eigenvalue weighted by molar-refractivity contribution is -0.135. The second kappa shape index (κ2) is 5.27. The minimum atomic E-state index is -0.157. The molecule has 4 heteroatoms. The van der Waals surface area contributed by atoms with Crippen LogP contribution in [0.3, 0.4) is 0 Å². The fourth-order valence-electron chi connectivity index (χ4n) is 3.00. The Morgan fingerprint density at radius 3 is 2.29 bits per heavy atom. The van der Waals surface area contributed by atoms with Gasteiger partial charge in [-0.3, -0.25) is 4.79 Å². The molecular formula is C13H22BrNO2. The van der Waals surface area contributed by atoms with Gasteiger partial charge in [-0.2, -0.15) is 0 Å². The Morgan fingerprint density at radius 1 is 1.24 bits per heavy atom. The Morgan fingerprint density at radius 2 is 1.88 bits per heavy atom. The first kappa shape index (κ1) is 13.3. The van der Waals surface area contributed by atoms with Gasteiger partial charge in [0.2, 0.25) is 5.91 Å². The number of rotatable bonds is 5. The van der Waals surface area contributed by atoms with E-state index in [9.17, 15) is 4.79 Å². The van der Waals surface area contributed by atoms with Crippen molar-refractivity contribution in [2.75, 3.05) is 12.4 Å². The van der Waals surface area contributed by atoms with Crippen molar-refractivity contribution in [3.05, 3.63) is 0 Å². The van der Waals surface area contributed by atoms with Gasteiger partial charge in [0.25, 0.3) is 0 Å². The van der Waals surface area contributed by atoms with Gasteiger partial charge in [0.05, 0.1) is 12.0 Å². The summed E-state index contributed by atoms with van der Waals surface area (Å²) in [4.78, 5) is 12.1. The van der Waals surface area contributed by atoms with Crippen LogP contribution < -0.4 is 5.32 Å². The largest absolute Gasteiger partial charge is 0.378 e. The lowest BCUT2D eigenvalue weighted by Crippen LogP contribution is -2.51. The minimum Gasteiger partial charge on any atom is -0.378 e. The maximum Gasteiger partial charge on any atom is 0.223 e. The van der Waals surface area contributed by atoms with Crippen molar-refractivity contribution >= 4 is 21.8 Å². The third kappa shape index (κ3) is 2.84. The minimum absolute atomic E-state index is 0.00968. The van der Waals surface area contributed by atoms with Crippen LogP contribution in [0.2, 0.25) is 0 Å². The highest BCUT2D eigenvalue weighted by atomic mass is 79.9. The summed E-state index contributed by atoms with van der Waals surface area (Å²) in [5.74, 6) is 0.160. The molecule has 0 aliphatic heterocycles. The first-order valence-electron chi connectivity index (χ1n) is 6.56. The maximum atomic E-state index is 12.1.